The molecule has 0 spiro atoms. The van der Waals surface area contributed by atoms with E-state index in [-0.39, 0.29) is 68.7 Å². The van der Waals surface area contributed by atoms with Gasteiger partial charge in [0.1, 0.15) is 0 Å². The average Bonchev–Trinajstić information content (AvgIpc) is 3.09. The number of nitrogens with zero attached hydrogens (tertiary/aromatic N) is 1. The fourth-order valence-corrected chi connectivity index (χ4v) is 4.58. The Morgan fingerprint density at radius 3 is 1.92 bits per heavy atom. The summed E-state index contributed by atoms with van der Waals surface area (Å²) in [4.78, 5) is 36.9. The summed E-state index contributed by atoms with van der Waals surface area (Å²) >= 11 is 0. The van der Waals surface area contributed by atoms with Gasteiger partial charge in [-0.05, 0) is 61.8 Å². The summed E-state index contributed by atoms with van der Waals surface area (Å²) in [6.45, 7) is 8.85. The van der Waals surface area contributed by atoms with E-state index >= 15 is 0 Å². The molecule has 15 heteroatoms. The van der Waals surface area contributed by atoms with Crippen molar-refractivity contribution in [3.8, 4) is 0 Å². The minimum atomic E-state index is -0.307. The third-order valence-electron chi connectivity index (χ3n) is 7.19. The summed E-state index contributed by atoms with van der Waals surface area (Å²) in [6.07, 6.45) is 5.46. The maximum absolute atomic E-state index is 12.9. The molecule has 3 rings (SSSR count). The van der Waals surface area contributed by atoms with Crippen molar-refractivity contribution in [1.29, 1.82) is 10.8 Å². The second kappa shape index (κ2) is 33.3. The number of nitrogens with one attached hydrogen (secondary N) is 4. The molecule has 1 radical (unpaired) electrons. The monoisotopic (exact) mass is 816 g/mol. The van der Waals surface area contributed by atoms with Crippen molar-refractivity contribution in [1.82, 2.24) is 5.32 Å². The van der Waals surface area contributed by atoms with Gasteiger partial charge in [0.05, 0.1) is 51.3 Å². The molecule has 1 aliphatic rings. The van der Waals surface area contributed by atoms with Gasteiger partial charge in [0.15, 0.2) is 0 Å². The van der Waals surface area contributed by atoms with Crippen LogP contribution in [0.4, 0.5) is 5.69 Å². The van der Waals surface area contributed by atoms with Crippen LogP contribution < -0.4 is 27.4 Å². The Bertz CT molecular complexity index is 1330. The van der Waals surface area contributed by atoms with E-state index in [4.69, 9.17) is 48.3 Å². The van der Waals surface area contributed by atoms with Crippen LogP contribution in [0.2, 0.25) is 0 Å². The number of carbonyl (C=O) groups is 3. The Morgan fingerprint density at radius 1 is 0.830 bits per heavy atom. The van der Waals surface area contributed by atoms with Gasteiger partial charge in [0.2, 0.25) is 17.7 Å². The first-order valence-electron chi connectivity index (χ1n) is 17.9. The molecule has 1 heterocycles. The van der Waals surface area contributed by atoms with Crippen LogP contribution in [-0.2, 0) is 76.0 Å². The van der Waals surface area contributed by atoms with E-state index in [1.54, 1.807) is 0 Å². The van der Waals surface area contributed by atoms with Crippen molar-refractivity contribution in [3.63, 3.8) is 0 Å². The predicted molar refractivity (Wildman–Crippen MR) is 208 cm³/mol. The molecule has 0 bridgehead atoms. The Balaban J connectivity index is 0. The van der Waals surface area contributed by atoms with Gasteiger partial charge in [-0.1, -0.05) is 62.2 Å². The van der Waals surface area contributed by atoms with Crippen LogP contribution in [-0.4, -0.2) is 80.6 Å². The number of primary amides is 1. The summed E-state index contributed by atoms with van der Waals surface area (Å²) in [7, 11) is 0. The van der Waals surface area contributed by atoms with Crippen molar-refractivity contribution in [2.24, 2.45) is 23.1 Å². The van der Waals surface area contributed by atoms with Gasteiger partial charge in [-0.3, -0.25) is 25.2 Å². The third kappa shape index (κ3) is 28.9. The molecule has 0 saturated heterocycles. The predicted octanol–water partition coefficient (Wildman–Crippen LogP) is 4.23. The van der Waals surface area contributed by atoms with Gasteiger partial charge in [-0.2, -0.15) is 0 Å². The first-order valence-corrected chi connectivity index (χ1v) is 17.9. The normalized spacial score (nSPS) is 11.2. The smallest absolute Gasteiger partial charge is 0.227 e. The van der Waals surface area contributed by atoms with Crippen LogP contribution in [0.25, 0.3) is 5.73 Å². The van der Waals surface area contributed by atoms with Crippen molar-refractivity contribution in [2.45, 2.75) is 85.1 Å². The van der Waals surface area contributed by atoms with Gasteiger partial charge in [-0.15, -0.1) is 6.54 Å². The van der Waals surface area contributed by atoms with Gasteiger partial charge >= 0.3 is 0 Å². The van der Waals surface area contributed by atoms with Crippen LogP contribution in [0.5, 0.6) is 0 Å². The second-order valence-electron chi connectivity index (χ2n) is 12.5. The van der Waals surface area contributed by atoms with Gasteiger partial charge in [0.25, 0.3) is 0 Å². The van der Waals surface area contributed by atoms with Crippen molar-refractivity contribution in [3.05, 3.63) is 71.0 Å². The molecule has 2 aromatic rings. The molecule has 53 heavy (non-hydrogen) atoms. The number of aryl methyl sites for hydroxylation is 2. The van der Waals surface area contributed by atoms with Crippen LogP contribution in [0, 0.1) is 16.7 Å². The van der Waals surface area contributed by atoms with E-state index in [1.807, 2.05) is 43.0 Å². The van der Waals surface area contributed by atoms with Gasteiger partial charge in [-0.25, -0.2) is 0 Å². The molecule has 0 atom stereocenters. The molecule has 0 fully saturated rings. The molecular formula is C38H63N8O6Y-. The fraction of sp³-hybridized carbons (Fsp3) is 0.553. The number of fused-ring (bicyclic) bond motifs is 2. The summed E-state index contributed by atoms with van der Waals surface area (Å²) in [5.74, 6) is 0.562. The first kappa shape index (κ1) is 51.8. The molecule has 0 unspecified atom stereocenters. The maximum Gasteiger partial charge on any atom is 0.227 e. The van der Waals surface area contributed by atoms with Crippen molar-refractivity contribution >= 4 is 35.1 Å². The number of para-hydroxylation sites is 1. The summed E-state index contributed by atoms with van der Waals surface area (Å²) < 4.78 is 10.2. The Labute approximate surface area is 341 Å². The average molecular weight is 817 g/mol. The molecule has 0 aromatic heterocycles. The maximum atomic E-state index is 12.9. The zero-order valence-corrected chi connectivity index (χ0v) is 34.8. The number of anilines is 1. The number of amides is 3. The van der Waals surface area contributed by atoms with Gasteiger partial charge < -0.3 is 47.7 Å². The Morgan fingerprint density at radius 2 is 1.36 bits per heavy atom. The SMILES string of the molecule is CC(=N)N.CC(C)C[NH-].N=C(N)CCCC(=O)NCCOCCOCCO.NC(=O)CCCCC(=O)N1Cc2ccccc2CCc2ccccc21.[Y]. The number of amidine groups is 2. The Kier molecular flexibility index (Phi) is 32.6. The van der Waals surface area contributed by atoms with E-state index in [9.17, 15) is 14.4 Å². The summed E-state index contributed by atoms with van der Waals surface area (Å²) in [5.41, 5.74) is 26.4. The fourth-order valence-electron chi connectivity index (χ4n) is 4.58. The molecule has 0 aliphatic carbocycles. The number of rotatable bonds is 18. The quantitative estimate of drug-likeness (QED) is 0.0650. The standard InChI is InChI=1S/C21H24N2O2.C11H23N3O4.C4H10N.C2H6N2.Y/c22-20(24)11-5-6-12-21(25)23-15-18-9-2-1-7-16(18)13-14-17-8-3-4-10-19(17)23;12-10(13)2-1-3-11(16)14-4-6-17-8-9-18-7-5-15;1-4(2)3-5;1-2(3)4;/h1-4,7-10H,5-6,11-15H2,(H2,22,24);15H,1-9H2,(H3,12,13)(H,14,16);4-5H,3H2,1-2H3;1H3,(H3,3,4);/q;;-1;;. The Hall–Kier alpha value is -3.27. The number of ether oxygens (including phenoxy) is 2. The number of unbranched alkanes of at least 4 members (excludes halogenated alkanes) is 1. The minimum absolute atomic E-state index is 0. The number of hydrogen-bond acceptors (Lipinski definition) is 8. The molecule has 295 valence electrons. The topological polar surface area (TPSA) is 255 Å². The van der Waals surface area contributed by atoms with Crippen LogP contribution in [0.1, 0.15) is 82.4 Å². The molecular weight excluding hydrogens is 753 g/mol. The number of hydrogen-bond donors (Lipinski definition) is 7. The molecule has 2 aromatic carbocycles. The van der Waals surface area contributed by atoms with Crippen molar-refractivity contribution < 1.29 is 61.7 Å². The number of nitrogens with two attached hydrogens (primary N) is 3. The van der Waals surface area contributed by atoms with E-state index in [1.165, 1.54) is 23.6 Å². The first-order chi connectivity index (χ1) is 24.8. The third-order valence-corrected chi connectivity index (χ3v) is 7.19. The number of aliphatic hydroxyl groups excluding tert-OH is 1. The number of carbonyl (C=O) groups excluding carboxylic acids is 3. The van der Waals surface area contributed by atoms with E-state index in [2.05, 4.69) is 29.6 Å². The zero-order valence-electron chi connectivity index (χ0n) is 32.0. The summed E-state index contributed by atoms with van der Waals surface area (Å²) in [5, 5.41) is 24.4. The largest absolute Gasteiger partial charge is 0.677 e. The number of benzene rings is 2. The van der Waals surface area contributed by atoms with Crippen molar-refractivity contribution in [2.75, 3.05) is 51.0 Å². The van der Waals surface area contributed by atoms with E-state index in [0.29, 0.717) is 96.9 Å². The van der Waals surface area contributed by atoms with Crippen LogP contribution in [0.3, 0.4) is 0 Å². The second-order valence-corrected chi connectivity index (χ2v) is 12.5. The van der Waals surface area contributed by atoms with Crippen LogP contribution in [0.15, 0.2) is 48.5 Å². The number of aliphatic hydroxyl groups is 1. The molecule has 3 amide bonds. The van der Waals surface area contributed by atoms with E-state index < -0.39 is 0 Å². The zero-order chi connectivity index (χ0) is 39.1. The molecule has 0 saturated carbocycles. The summed E-state index contributed by atoms with van der Waals surface area (Å²) in [6, 6.07) is 16.5. The minimum Gasteiger partial charge on any atom is -0.677 e. The van der Waals surface area contributed by atoms with Crippen LogP contribution >= 0.6 is 0 Å². The molecule has 1 aliphatic heterocycles. The molecule has 14 nitrogen and oxygen atoms in total. The molecule has 11 N–H and O–H groups in total. The van der Waals surface area contributed by atoms with E-state index in [0.717, 1.165) is 18.5 Å². The van der Waals surface area contributed by atoms with Gasteiger partial charge in [0, 0.05) is 70.6 Å².